The van der Waals surface area contributed by atoms with Gasteiger partial charge in [-0.1, -0.05) is 35.9 Å². The van der Waals surface area contributed by atoms with Crippen LogP contribution in [0.3, 0.4) is 0 Å². The Kier molecular flexibility index (Phi) is 5.05. The molecule has 3 aromatic rings. The maximum absolute atomic E-state index is 6.01. The van der Waals surface area contributed by atoms with Gasteiger partial charge in [-0.15, -0.1) is 0 Å². The fourth-order valence-electron chi connectivity index (χ4n) is 2.58. The molecule has 23 heavy (non-hydrogen) atoms. The predicted octanol–water partition coefficient (Wildman–Crippen LogP) is 4.08. The number of halogens is 1. The number of ether oxygens (including phenoxy) is 1. The smallest absolute Gasteiger partial charge is 0.137 e. The molecule has 1 N–H and O–H groups in total. The third-order valence-corrected chi connectivity index (χ3v) is 3.94. The van der Waals surface area contributed by atoms with E-state index in [0.29, 0.717) is 11.6 Å². The Morgan fingerprint density at radius 1 is 1.09 bits per heavy atom. The molecule has 1 aromatic heterocycles. The quantitative estimate of drug-likeness (QED) is 0.741. The highest BCUT2D eigenvalue weighted by Gasteiger charge is 2.05. The Hall–Kier alpha value is -2.17. The van der Waals surface area contributed by atoms with Crippen LogP contribution in [0.15, 0.2) is 48.8 Å². The van der Waals surface area contributed by atoms with E-state index >= 15 is 0 Å². The van der Waals surface area contributed by atoms with Gasteiger partial charge in [0.15, 0.2) is 0 Å². The first-order valence-corrected chi connectivity index (χ1v) is 7.85. The third-order valence-electron chi connectivity index (χ3n) is 3.70. The van der Waals surface area contributed by atoms with Crippen LogP contribution in [0.25, 0.3) is 10.9 Å². The average Bonchev–Trinajstić information content (AvgIpc) is 2.56. The van der Waals surface area contributed by atoms with Gasteiger partial charge in [-0.3, -0.25) is 0 Å². The largest absolute Gasteiger partial charge is 0.380 e. The highest BCUT2D eigenvalue weighted by molar-refractivity contribution is 6.31. The Labute approximate surface area is 140 Å². The lowest BCUT2D eigenvalue weighted by atomic mass is 10.1. The standard InChI is InChI=1S/C18H18ClN3O/c1-23-11-14-5-3-2-4-13(14)8-9-20-18-16-7-6-15(19)10-17(16)21-12-22-18/h2-7,10,12H,8-9,11H2,1H3,(H,20,21,22). The summed E-state index contributed by atoms with van der Waals surface area (Å²) in [5, 5.41) is 5.04. The van der Waals surface area contributed by atoms with Crippen molar-refractivity contribution in [2.24, 2.45) is 0 Å². The van der Waals surface area contributed by atoms with Crippen LogP contribution in [-0.4, -0.2) is 23.6 Å². The molecule has 1 heterocycles. The Morgan fingerprint density at radius 2 is 1.91 bits per heavy atom. The molecule has 0 aliphatic heterocycles. The van der Waals surface area contributed by atoms with Crippen molar-refractivity contribution >= 4 is 28.3 Å². The zero-order chi connectivity index (χ0) is 16.1. The number of nitrogens with zero attached hydrogens (tertiary/aromatic N) is 2. The molecule has 0 aliphatic carbocycles. The van der Waals surface area contributed by atoms with Gasteiger partial charge in [0.1, 0.15) is 12.1 Å². The zero-order valence-corrected chi connectivity index (χ0v) is 13.7. The third kappa shape index (κ3) is 3.78. The van der Waals surface area contributed by atoms with Gasteiger partial charge < -0.3 is 10.1 Å². The summed E-state index contributed by atoms with van der Waals surface area (Å²) in [7, 11) is 1.72. The number of hydrogen-bond acceptors (Lipinski definition) is 4. The minimum absolute atomic E-state index is 0.630. The molecule has 0 atom stereocenters. The highest BCUT2D eigenvalue weighted by atomic mass is 35.5. The number of benzene rings is 2. The van der Waals surface area contributed by atoms with Crippen LogP contribution in [-0.2, 0) is 17.8 Å². The van der Waals surface area contributed by atoms with Gasteiger partial charge in [-0.05, 0) is 35.7 Å². The summed E-state index contributed by atoms with van der Waals surface area (Å²) in [6.45, 7) is 1.42. The molecule has 0 spiro atoms. The first-order valence-electron chi connectivity index (χ1n) is 7.48. The molecule has 0 aliphatic rings. The molecule has 0 unspecified atom stereocenters. The van der Waals surface area contributed by atoms with E-state index in [1.165, 1.54) is 11.1 Å². The summed E-state index contributed by atoms with van der Waals surface area (Å²) in [5.74, 6) is 0.830. The van der Waals surface area contributed by atoms with Crippen molar-refractivity contribution in [2.45, 2.75) is 13.0 Å². The van der Waals surface area contributed by atoms with Crippen molar-refractivity contribution in [3.63, 3.8) is 0 Å². The number of hydrogen-bond donors (Lipinski definition) is 1. The lowest BCUT2D eigenvalue weighted by Crippen LogP contribution is -2.08. The van der Waals surface area contributed by atoms with Crippen molar-refractivity contribution in [1.82, 2.24) is 9.97 Å². The summed E-state index contributed by atoms with van der Waals surface area (Å²) >= 11 is 6.01. The van der Waals surface area contributed by atoms with Crippen molar-refractivity contribution in [2.75, 3.05) is 19.0 Å². The van der Waals surface area contributed by atoms with Crippen molar-refractivity contribution in [3.8, 4) is 0 Å². The lowest BCUT2D eigenvalue weighted by molar-refractivity contribution is 0.184. The van der Waals surface area contributed by atoms with E-state index in [-0.39, 0.29) is 0 Å². The second-order valence-electron chi connectivity index (χ2n) is 5.26. The monoisotopic (exact) mass is 327 g/mol. The van der Waals surface area contributed by atoms with Crippen LogP contribution in [0.1, 0.15) is 11.1 Å². The molecule has 2 aromatic carbocycles. The first kappa shape index (κ1) is 15.7. The average molecular weight is 328 g/mol. The molecule has 0 bridgehead atoms. The van der Waals surface area contributed by atoms with Gasteiger partial charge >= 0.3 is 0 Å². The van der Waals surface area contributed by atoms with Gasteiger partial charge in [-0.2, -0.15) is 0 Å². The van der Waals surface area contributed by atoms with Gasteiger partial charge in [0.2, 0.25) is 0 Å². The van der Waals surface area contributed by atoms with Crippen LogP contribution in [0.2, 0.25) is 5.02 Å². The van der Waals surface area contributed by atoms with E-state index in [9.17, 15) is 0 Å². The minimum atomic E-state index is 0.630. The summed E-state index contributed by atoms with van der Waals surface area (Å²) in [6.07, 6.45) is 2.46. The summed E-state index contributed by atoms with van der Waals surface area (Å²) in [6, 6.07) is 14.0. The van der Waals surface area contributed by atoms with E-state index in [4.69, 9.17) is 16.3 Å². The van der Waals surface area contributed by atoms with E-state index in [2.05, 4.69) is 33.5 Å². The molecule has 0 fully saturated rings. The van der Waals surface area contributed by atoms with Crippen LogP contribution >= 0.6 is 11.6 Å². The van der Waals surface area contributed by atoms with Crippen molar-refractivity contribution in [3.05, 3.63) is 64.9 Å². The topological polar surface area (TPSA) is 47.0 Å². The van der Waals surface area contributed by atoms with E-state index < -0.39 is 0 Å². The van der Waals surface area contributed by atoms with Crippen molar-refractivity contribution in [1.29, 1.82) is 0 Å². The fourth-order valence-corrected chi connectivity index (χ4v) is 2.75. The lowest BCUT2D eigenvalue weighted by Gasteiger charge is -2.11. The number of anilines is 1. The van der Waals surface area contributed by atoms with Gasteiger partial charge in [-0.25, -0.2) is 9.97 Å². The maximum atomic E-state index is 6.01. The summed E-state index contributed by atoms with van der Waals surface area (Å²) in [4.78, 5) is 8.59. The van der Waals surface area contributed by atoms with Gasteiger partial charge in [0.25, 0.3) is 0 Å². The van der Waals surface area contributed by atoms with Crippen LogP contribution in [0.5, 0.6) is 0 Å². The SMILES string of the molecule is COCc1ccccc1CCNc1ncnc2cc(Cl)ccc12. The predicted molar refractivity (Wildman–Crippen MR) is 93.9 cm³/mol. The molecular weight excluding hydrogens is 310 g/mol. The van der Waals surface area contributed by atoms with Crippen LogP contribution in [0, 0.1) is 0 Å². The second kappa shape index (κ2) is 7.40. The molecule has 0 saturated heterocycles. The summed E-state index contributed by atoms with van der Waals surface area (Å²) in [5.41, 5.74) is 3.34. The summed E-state index contributed by atoms with van der Waals surface area (Å²) < 4.78 is 5.25. The Bertz CT molecular complexity index is 807. The molecule has 5 heteroatoms. The second-order valence-corrected chi connectivity index (χ2v) is 5.70. The number of methoxy groups -OCH3 is 1. The van der Waals surface area contributed by atoms with E-state index in [1.54, 1.807) is 13.4 Å². The number of fused-ring (bicyclic) bond motifs is 1. The van der Waals surface area contributed by atoms with Gasteiger partial charge in [0.05, 0.1) is 12.1 Å². The van der Waals surface area contributed by atoms with Crippen molar-refractivity contribution < 1.29 is 4.74 Å². The molecular formula is C18H18ClN3O. The Morgan fingerprint density at radius 3 is 2.74 bits per heavy atom. The van der Waals surface area contributed by atoms with E-state index in [0.717, 1.165) is 29.7 Å². The number of rotatable bonds is 6. The van der Waals surface area contributed by atoms with Crippen LogP contribution < -0.4 is 5.32 Å². The molecule has 3 rings (SSSR count). The maximum Gasteiger partial charge on any atom is 0.137 e. The molecule has 118 valence electrons. The molecule has 0 saturated carbocycles. The number of nitrogens with one attached hydrogen (secondary N) is 1. The molecule has 0 amide bonds. The highest BCUT2D eigenvalue weighted by Crippen LogP contribution is 2.22. The first-order chi connectivity index (χ1) is 11.3. The minimum Gasteiger partial charge on any atom is -0.380 e. The number of aromatic nitrogens is 2. The van der Waals surface area contributed by atoms with E-state index in [1.807, 2.05) is 24.3 Å². The van der Waals surface area contributed by atoms with Crippen LogP contribution in [0.4, 0.5) is 5.82 Å². The normalized spacial score (nSPS) is 10.9. The Balaban J connectivity index is 1.72. The zero-order valence-electron chi connectivity index (χ0n) is 12.9. The fraction of sp³-hybridized carbons (Fsp3) is 0.222. The molecule has 0 radical (unpaired) electrons. The van der Waals surface area contributed by atoms with Gasteiger partial charge in [0, 0.05) is 24.1 Å². The molecule has 4 nitrogen and oxygen atoms in total.